The molecular formula is C22H26N4S. The molecule has 2 aromatic carbocycles. The van der Waals surface area contributed by atoms with Crippen LogP contribution in [0.3, 0.4) is 0 Å². The number of likely N-dealkylation sites (tertiary alicyclic amines) is 1. The number of hydrogen-bond donors (Lipinski definition) is 0. The monoisotopic (exact) mass is 378 g/mol. The molecule has 4 nitrogen and oxygen atoms in total. The minimum Gasteiger partial charge on any atom is -0.284 e. The van der Waals surface area contributed by atoms with E-state index >= 15 is 0 Å². The number of aromatic nitrogens is 3. The second-order valence-electron chi connectivity index (χ2n) is 7.58. The first-order valence-electron chi connectivity index (χ1n) is 9.66. The van der Waals surface area contributed by atoms with E-state index in [0.29, 0.717) is 0 Å². The molecule has 27 heavy (non-hydrogen) atoms. The molecular weight excluding hydrogens is 352 g/mol. The summed E-state index contributed by atoms with van der Waals surface area (Å²) in [5.41, 5.74) is 3.38. The molecule has 3 aromatic rings. The lowest BCUT2D eigenvalue weighted by Crippen LogP contribution is -2.34. The Balaban J connectivity index is 1.75. The summed E-state index contributed by atoms with van der Waals surface area (Å²) in [4.78, 5) is 2.46. The molecule has 0 atom stereocenters. The SMILES string of the molecule is Cc1ccc(-c2nn(CN3CCC(C)CC3)c(=S)n2-c2ccccc2)cc1. The highest BCUT2D eigenvalue weighted by Gasteiger charge is 2.19. The van der Waals surface area contributed by atoms with Gasteiger partial charge in [-0.25, -0.2) is 4.68 Å². The van der Waals surface area contributed by atoms with Crippen molar-refractivity contribution >= 4 is 12.2 Å². The van der Waals surface area contributed by atoms with Crippen molar-refractivity contribution in [1.82, 2.24) is 19.2 Å². The number of para-hydroxylation sites is 1. The van der Waals surface area contributed by atoms with E-state index in [-0.39, 0.29) is 0 Å². The fourth-order valence-electron chi connectivity index (χ4n) is 3.59. The van der Waals surface area contributed by atoms with E-state index in [1.54, 1.807) is 0 Å². The van der Waals surface area contributed by atoms with Gasteiger partial charge in [0.25, 0.3) is 0 Å². The molecule has 0 aliphatic carbocycles. The maximum absolute atomic E-state index is 5.85. The lowest BCUT2D eigenvalue weighted by molar-refractivity contribution is 0.146. The first-order chi connectivity index (χ1) is 13.1. The third kappa shape index (κ3) is 3.89. The smallest absolute Gasteiger partial charge is 0.204 e. The van der Waals surface area contributed by atoms with Gasteiger partial charge in [0.2, 0.25) is 4.77 Å². The van der Waals surface area contributed by atoms with Crippen LogP contribution in [-0.2, 0) is 6.67 Å². The fraction of sp³-hybridized carbons (Fsp3) is 0.364. The molecule has 1 fully saturated rings. The topological polar surface area (TPSA) is 26.0 Å². The van der Waals surface area contributed by atoms with Crippen molar-refractivity contribution in [2.45, 2.75) is 33.4 Å². The van der Waals surface area contributed by atoms with Crippen LogP contribution in [0, 0.1) is 17.6 Å². The first kappa shape index (κ1) is 18.1. The lowest BCUT2D eigenvalue weighted by atomic mass is 10.00. The predicted molar refractivity (Wildman–Crippen MR) is 113 cm³/mol. The highest BCUT2D eigenvalue weighted by Crippen LogP contribution is 2.24. The Morgan fingerprint density at radius 3 is 2.33 bits per heavy atom. The summed E-state index contributed by atoms with van der Waals surface area (Å²) in [6.45, 7) is 7.42. The van der Waals surface area contributed by atoms with Gasteiger partial charge in [-0.3, -0.25) is 9.47 Å². The van der Waals surface area contributed by atoms with Gasteiger partial charge in [-0.15, -0.1) is 5.10 Å². The molecule has 1 aliphatic heterocycles. The molecule has 0 spiro atoms. The Morgan fingerprint density at radius 1 is 1.00 bits per heavy atom. The molecule has 0 saturated carbocycles. The van der Waals surface area contributed by atoms with Crippen LogP contribution in [-0.4, -0.2) is 32.3 Å². The number of benzene rings is 2. The van der Waals surface area contributed by atoms with Crippen molar-refractivity contribution in [2.75, 3.05) is 13.1 Å². The molecule has 0 radical (unpaired) electrons. The van der Waals surface area contributed by atoms with Gasteiger partial charge in [-0.2, -0.15) is 0 Å². The van der Waals surface area contributed by atoms with Gasteiger partial charge in [0.05, 0.1) is 6.67 Å². The summed E-state index contributed by atoms with van der Waals surface area (Å²) in [6, 6.07) is 18.8. The van der Waals surface area contributed by atoms with Gasteiger partial charge >= 0.3 is 0 Å². The van der Waals surface area contributed by atoms with Crippen LogP contribution in [0.4, 0.5) is 0 Å². The summed E-state index contributed by atoms with van der Waals surface area (Å²) in [6.07, 6.45) is 2.50. The number of piperidine rings is 1. The average Bonchev–Trinajstić information content (AvgIpc) is 3.01. The summed E-state index contributed by atoms with van der Waals surface area (Å²) >= 11 is 5.85. The second kappa shape index (κ2) is 7.79. The van der Waals surface area contributed by atoms with Crippen LogP contribution in [0.1, 0.15) is 25.3 Å². The van der Waals surface area contributed by atoms with Crippen molar-refractivity contribution in [1.29, 1.82) is 0 Å². The first-order valence-corrected chi connectivity index (χ1v) is 10.1. The molecule has 0 bridgehead atoms. The molecule has 1 aliphatic rings. The highest BCUT2D eigenvalue weighted by molar-refractivity contribution is 7.71. The predicted octanol–water partition coefficient (Wildman–Crippen LogP) is 5.07. The van der Waals surface area contributed by atoms with Crippen molar-refractivity contribution < 1.29 is 0 Å². The van der Waals surface area contributed by atoms with E-state index in [1.165, 1.54) is 18.4 Å². The molecule has 0 unspecified atom stereocenters. The minimum atomic E-state index is 0.746. The van der Waals surface area contributed by atoms with Crippen molar-refractivity contribution in [3.05, 3.63) is 64.9 Å². The van der Waals surface area contributed by atoms with Crippen LogP contribution in [0.25, 0.3) is 17.1 Å². The number of rotatable bonds is 4. The highest BCUT2D eigenvalue weighted by atomic mass is 32.1. The van der Waals surface area contributed by atoms with Gasteiger partial charge in [0.15, 0.2) is 5.82 Å². The van der Waals surface area contributed by atoms with Crippen LogP contribution < -0.4 is 0 Å². The van der Waals surface area contributed by atoms with E-state index in [2.05, 4.69) is 59.7 Å². The zero-order chi connectivity index (χ0) is 18.8. The van der Waals surface area contributed by atoms with Gasteiger partial charge in [0.1, 0.15) is 0 Å². The molecule has 2 heterocycles. The van der Waals surface area contributed by atoms with Crippen molar-refractivity contribution in [2.24, 2.45) is 5.92 Å². The largest absolute Gasteiger partial charge is 0.284 e. The van der Waals surface area contributed by atoms with Crippen molar-refractivity contribution in [3.63, 3.8) is 0 Å². The maximum atomic E-state index is 5.85. The van der Waals surface area contributed by atoms with Gasteiger partial charge < -0.3 is 0 Å². The molecule has 140 valence electrons. The minimum absolute atomic E-state index is 0.746. The maximum Gasteiger partial charge on any atom is 0.204 e. The quantitative estimate of drug-likeness (QED) is 0.593. The van der Waals surface area contributed by atoms with Crippen LogP contribution in [0.15, 0.2) is 54.6 Å². The van der Waals surface area contributed by atoms with Gasteiger partial charge in [0, 0.05) is 24.3 Å². The van der Waals surface area contributed by atoms with Gasteiger partial charge in [-0.05, 0) is 50.0 Å². The van der Waals surface area contributed by atoms with E-state index in [1.807, 2.05) is 22.9 Å². The van der Waals surface area contributed by atoms with E-state index < -0.39 is 0 Å². The summed E-state index contributed by atoms with van der Waals surface area (Å²) in [5.74, 6) is 1.72. The summed E-state index contributed by atoms with van der Waals surface area (Å²) in [5, 5.41) is 4.93. The molecule has 1 aromatic heterocycles. The van der Waals surface area contributed by atoms with Crippen LogP contribution >= 0.6 is 12.2 Å². The third-order valence-corrected chi connectivity index (χ3v) is 5.77. The number of hydrogen-bond acceptors (Lipinski definition) is 3. The Kier molecular flexibility index (Phi) is 5.23. The Bertz CT molecular complexity index is 948. The fourth-order valence-corrected chi connectivity index (χ4v) is 3.88. The zero-order valence-corrected chi connectivity index (χ0v) is 16.8. The standard InChI is InChI=1S/C22H26N4S/c1-17-8-10-19(11-9-17)21-23-25(16-24-14-12-18(2)13-15-24)22(27)26(21)20-6-4-3-5-7-20/h3-11,18H,12-16H2,1-2H3. The van der Waals surface area contributed by atoms with E-state index in [9.17, 15) is 0 Å². The number of nitrogens with zero attached hydrogens (tertiary/aromatic N) is 4. The molecule has 0 amide bonds. The Hall–Kier alpha value is -2.24. The normalized spacial score (nSPS) is 15.9. The molecule has 4 rings (SSSR count). The van der Waals surface area contributed by atoms with E-state index in [4.69, 9.17) is 17.3 Å². The Morgan fingerprint density at radius 2 is 1.67 bits per heavy atom. The van der Waals surface area contributed by atoms with Crippen LogP contribution in [0.2, 0.25) is 0 Å². The average molecular weight is 379 g/mol. The van der Waals surface area contributed by atoms with E-state index in [0.717, 1.165) is 47.5 Å². The molecule has 0 N–H and O–H groups in total. The third-order valence-electron chi connectivity index (χ3n) is 5.37. The van der Waals surface area contributed by atoms with Crippen molar-refractivity contribution in [3.8, 4) is 17.1 Å². The zero-order valence-electron chi connectivity index (χ0n) is 16.0. The Labute approximate surface area is 166 Å². The summed E-state index contributed by atoms with van der Waals surface area (Å²) < 4.78 is 4.82. The second-order valence-corrected chi connectivity index (χ2v) is 7.95. The molecule has 5 heteroatoms. The lowest BCUT2D eigenvalue weighted by Gasteiger charge is -2.29. The molecule has 1 saturated heterocycles. The van der Waals surface area contributed by atoms with Gasteiger partial charge in [-0.1, -0.05) is 55.0 Å². The number of aryl methyl sites for hydroxylation is 1. The van der Waals surface area contributed by atoms with Crippen LogP contribution in [0.5, 0.6) is 0 Å². The summed E-state index contributed by atoms with van der Waals surface area (Å²) in [7, 11) is 0.